The zero-order chi connectivity index (χ0) is 33.2. The number of carbonyl (C=O) groups is 3. The number of para-hydroxylation sites is 1. The van der Waals surface area contributed by atoms with E-state index in [2.05, 4.69) is 10.1 Å². The minimum absolute atomic E-state index is 0.0139. The summed E-state index contributed by atoms with van der Waals surface area (Å²) < 4.78 is 130. The predicted octanol–water partition coefficient (Wildman–Crippen LogP) is 5.94. The number of aromatic carboxylic acids is 1. The van der Waals surface area contributed by atoms with E-state index in [1.54, 1.807) is 0 Å². The fourth-order valence-corrected chi connectivity index (χ4v) is 4.18. The molecule has 0 aliphatic carbocycles. The number of amides is 1. The molecule has 1 N–H and O–H groups in total. The summed E-state index contributed by atoms with van der Waals surface area (Å²) in [6.07, 6.45) is -14.0. The highest BCUT2D eigenvalue weighted by molar-refractivity contribution is 6.08. The lowest BCUT2D eigenvalue weighted by molar-refractivity contribution is -0.348. The van der Waals surface area contributed by atoms with Gasteiger partial charge < -0.3 is 24.7 Å². The molecule has 0 radical (unpaired) electrons. The Bertz CT molecular complexity index is 1550. The van der Waals surface area contributed by atoms with E-state index in [1.165, 1.54) is 30.3 Å². The quantitative estimate of drug-likeness (QED) is 0.219. The highest BCUT2D eigenvalue weighted by Gasteiger charge is 2.73. The Balaban J connectivity index is 2.02. The van der Waals surface area contributed by atoms with Crippen LogP contribution in [-0.2, 0) is 12.1 Å². The Kier molecular flexibility index (Phi) is 9.55. The number of carboxylic acids is 1. The first-order chi connectivity index (χ1) is 20.3. The van der Waals surface area contributed by atoms with Gasteiger partial charge in [-0.3, -0.25) is 9.59 Å². The summed E-state index contributed by atoms with van der Waals surface area (Å²) in [6.45, 7) is -2.91. The van der Waals surface area contributed by atoms with E-state index < -0.39 is 71.2 Å². The molecule has 0 saturated heterocycles. The van der Waals surface area contributed by atoms with E-state index in [0.29, 0.717) is 0 Å². The summed E-state index contributed by atoms with van der Waals surface area (Å²) in [5, 5.41) is 13.3. The second-order valence-corrected chi connectivity index (χ2v) is 9.11. The summed E-state index contributed by atoms with van der Waals surface area (Å²) in [5.74, 6) is -4.80. The molecular formula is C28H19F9NO6-. The minimum Gasteiger partial charge on any atom is -0.545 e. The third kappa shape index (κ3) is 6.73. The number of carboxylic acid groups (broad SMARTS) is 1. The number of hydrogen-bond acceptors (Lipinski definition) is 6. The highest BCUT2D eigenvalue weighted by atomic mass is 19.4. The van der Waals surface area contributed by atoms with Gasteiger partial charge in [0.2, 0.25) is 0 Å². The number of ether oxygens (including phenoxy) is 2. The standard InChI is InChI=1S/C28H20F9NO6/c1-13-10-16(26(31,27(32,33)34)28(35,36)37)11-21(44-25(29)30)18(13)12-20(39)17-4-3-5-19(22(17)43-2)38-23(40)14-6-8-15(9-7-14)24(41)42/h3-11,25H,12H2,1-2H3,(H,38,40)(H,41,42)/p-1. The van der Waals surface area contributed by atoms with Gasteiger partial charge in [0.05, 0.1) is 24.3 Å². The average molecular weight is 636 g/mol. The molecule has 3 aromatic carbocycles. The van der Waals surface area contributed by atoms with Gasteiger partial charge in [0.25, 0.3) is 5.91 Å². The van der Waals surface area contributed by atoms with Crippen LogP contribution in [0.1, 0.15) is 47.8 Å². The molecular weight excluding hydrogens is 617 g/mol. The average Bonchev–Trinajstić information content (AvgIpc) is 2.92. The molecule has 1 amide bonds. The third-order valence-corrected chi connectivity index (χ3v) is 6.32. The largest absolute Gasteiger partial charge is 0.545 e. The number of methoxy groups -OCH3 is 1. The number of Topliss-reactive ketones (excluding diaryl/α,β-unsaturated/α-hetero) is 1. The van der Waals surface area contributed by atoms with Gasteiger partial charge in [0, 0.05) is 23.1 Å². The van der Waals surface area contributed by atoms with Gasteiger partial charge in [-0.05, 0) is 48.4 Å². The van der Waals surface area contributed by atoms with Crippen molar-refractivity contribution >= 4 is 23.3 Å². The van der Waals surface area contributed by atoms with E-state index in [4.69, 9.17) is 4.74 Å². The Morgan fingerprint density at radius 2 is 1.45 bits per heavy atom. The zero-order valence-corrected chi connectivity index (χ0v) is 22.3. The molecule has 0 spiro atoms. The molecule has 0 atom stereocenters. The smallest absolute Gasteiger partial charge is 0.435 e. The van der Waals surface area contributed by atoms with Gasteiger partial charge in [-0.2, -0.15) is 35.1 Å². The van der Waals surface area contributed by atoms with E-state index in [1.807, 2.05) is 0 Å². The molecule has 0 heterocycles. The topological polar surface area (TPSA) is 105 Å². The minimum atomic E-state index is -6.54. The van der Waals surface area contributed by atoms with E-state index >= 15 is 0 Å². The van der Waals surface area contributed by atoms with E-state index in [-0.39, 0.29) is 40.3 Å². The lowest BCUT2D eigenvalue weighted by atomic mass is 9.89. The van der Waals surface area contributed by atoms with Crippen LogP contribution in [0.5, 0.6) is 11.5 Å². The van der Waals surface area contributed by atoms with Gasteiger partial charge in [-0.1, -0.05) is 24.3 Å². The Hall–Kier alpha value is -4.76. The highest BCUT2D eigenvalue weighted by Crippen LogP contribution is 2.54. The molecule has 7 nitrogen and oxygen atoms in total. The number of hydrogen-bond donors (Lipinski definition) is 1. The first-order valence-corrected chi connectivity index (χ1v) is 12.1. The second kappa shape index (κ2) is 12.5. The number of anilines is 1. The summed E-state index contributed by atoms with van der Waals surface area (Å²) in [5.41, 5.74) is -9.83. The van der Waals surface area contributed by atoms with Crippen LogP contribution in [0, 0.1) is 6.92 Å². The molecule has 0 aliphatic heterocycles. The van der Waals surface area contributed by atoms with Crippen LogP contribution in [0.2, 0.25) is 0 Å². The number of rotatable bonds is 10. The van der Waals surface area contributed by atoms with Crippen LogP contribution in [0.4, 0.5) is 45.2 Å². The normalized spacial score (nSPS) is 12.2. The maximum atomic E-state index is 14.7. The van der Waals surface area contributed by atoms with Crippen molar-refractivity contribution < 1.29 is 68.5 Å². The van der Waals surface area contributed by atoms with Crippen molar-refractivity contribution in [2.75, 3.05) is 12.4 Å². The molecule has 0 aliphatic rings. The van der Waals surface area contributed by atoms with Crippen LogP contribution < -0.4 is 19.9 Å². The number of halogens is 9. The van der Waals surface area contributed by atoms with Gasteiger partial charge in [0.1, 0.15) is 5.75 Å². The van der Waals surface area contributed by atoms with Crippen LogP contribution >= 0.6 is 0 Å². The molecule has 44 heavy (non-hydrogen) atoms. The van der Waals surface area contributed by atoms with Crippen molar-refractivity contribution in [2.45, 2.75) is 38.0 Å². The summed E-state index contributed by atoms with van der Waals surface area (Å²) in [6, 6.07) is 8.21. The van der Waals surface area contributed by atoms with Gasteiger partial charge in [-0.25, -0.2) is 4.39 Å². The lowest BCUT2D eigenvalue weighted by Crippen LogP contribution is -2.50. The maximum absolute atomic E-state index is 14.7. The molecule has 0 saturated carbocycles. The number of alkyl halides is 9. The van der Waals surface area contributed by atoms with Crippen molar-refractivity contribution in [3.8, 4) is 11.5 Å². The van der Waals surface area contributed by atoms with Crippen LogP contribution in [0.3, 0.4) is 0 Å². The number of nitrogens with one attached hydrogen (secondary N) is 1. The SMILES string of the molecule is COc1c(NC(=O)c2ccc(C(=O)[O-])cc2)cccc1C(=O)Cc1c(C)cc(C(F)(C(F)(F)F)C(F)(F)F)cc1OC(F)F. The molecule has 16 heteroatoms. The second-order valence-electron chi connectivity index (χ2n) is 9.11. The first-order valence-electron chi connectivity index (χ1n) is 12.1. The Morgan fingerprint density at radius 1 is 0.886 bits per heavy atom. The van der Waals surface area contributed by atoms with Gasteiger partial charge in [0.15, 0.2) is 11.5 Å². The first kappa shape index (κ1) is 33.7. The third-order valence-electron chi connectivity index (χ3n) is 6.32. The van der Waals surface area contributed by atoms with Crippen LogP contribution in [0.25, 0.3) is 0 Å². The Labute approximate surface area is 242 Å². The number of aryl methyl sites for hydroxylation is 1. The number of benzene rings is 3. The maximum Gasteiger partial charge on any atom is 0.435 e. The summed E-state index contributed by atoms with van der Waals surface area (Å²) in [4.78, 5) is 36.9. The van der Waals surface area contributed by atoms with Crippen LogP contribution in [-0.4, -0.2) is 43.7 Å². The monoisotopic (exact) mass is 636 g/mol. The van der Waals surface area contributed by atoms with Crippen molar-refractivity contribution in [3.63, 3.8) is 0 Å². The van der Waals surface area contributed by atoms with Crippen molar-refractivity contribution in [2.24, 2.45) is 0 Å². The molecule has 0 unspecified atom stereocenters. The summed E-state index contributed by atoms with van der Waals surface area (Å²) in [7, 11) is 1.09. The van der Waals surface area contributed by atoms with Gasteiger partial charge in [-0.15, -0.1) is 0 Å². The molecule has 3 aromatic rings. The van der Waals surface area contributed by atoms with Crippen molar-refractivity contribution in [1.29, 1.82) is 0 Å². The predicted molar refractivity (Wildman–Crippen MR) is 132 cm³/mol. The van der Waals surface area contributed by atoms with Crippen molar-refractivity contribution in [3.05, 3.63) is 88.0 Å². The number of carbonyl (C=O) groups excluding carboxylic acids is 3. The Morgan fingerprint density at radius 3 is 1.95 bits per heavy atom. The molecule has 0 bridgehead atoms. The zero-order valence-electron chi connectivity index (χ0n) is 22.3. The van der Waals surface area contributed by atoms with Crippen LogP contribution in [0.15, 0.2) is 54.6 Å². The summed E-state index contributed by atoms with van der Waals surface area (Å²) >= 11 is 0. The molecule has 236 valence electrons. The van der Waals surface area contributed by atoms with Crippen molar-refractivity contribution in [1.82, 2.24) is 0 Å². The molecule has 0 fully saturated rings. The van der Waals surface area contributed by atoms with Gasteiger partial charge >= 0.3 is 24.6 Å². The van der Waals surface area contributed by atoms with E-state index in [9.17, 15) is 59.0 Å². The fraction of sp³-hybridized carbons (Fsp3) is 0.250. The number of ketones is 1. The molecule has 3 rings (SSSR count). The fourth-order valence-electron chi connectivity index (χ4n) is 4.18. The van der Waals surface area contributed by atoms with E-state index in [0.717, 1.165) is 26.2 Å². The lowest BCUT2D eigenvalue weighted by Gasteiger charge is -2.31. The molecule has 0 aromatic heterocycles.